The number of hydrogen-bond acceptors (Lipinski definition) is 5. The third-order valence-electron chi connectivity index (χ3n) is 3.54. The highest BCUT2D eigenvalue weighted by molar-refractivity contribution is 6.08. The third-order valence-corrected chi connectivity index (χ3v) is 3.54. The van der Waals surface area contributed by atoms with Gasteiger partial charge in [0.05, 0.1) is 17.4 Å². The van der Waals surface area contributed by atoms with Crippen LogP contribution in [-0.2, 0) is 12.6 Å². The van der Waals surface area contributed by atoms with E-state index in [0.29, 0.717) is 5.56 Å². The highest BCUT2D eigenvalue weighted by Gasteiger charge is 2.30. The maximum atomic E-state index is 12.8. The molecule has 6 nitrogen and oxygen atoms in total. The third kappa shape index (κ3) is 3.82. The van der Waals surface area contributed by atoms with Gasteiger partial charge in [-0.2, -0.15) is 18.3 Å². The largest absolute Gasteiger partial charge is 0.504 e. The molecule has 26 heavy (non-hydrogen) atoms. The topological polar surface area (TPSA) is 92.0 Å². The van der Waals surface area contributed by atoms with Gasteiger partial charge in [0.15, 0.2) is 11.5 Å². The van der Waals surface area contributed by atoms with Crippen LogP contribution in [0, 0.1) is 0 Å². The van der Waals surface area contributed by atoms with Crippen molar-refractivity contribution in [3.05, 3.63) is 77.3 Å². The number of aromatic nitrogens is 3. The molecule has 3 rings (SSSR count). The molecule has 3 aromatic rings. The number of nitrogens with zero attached hydrogens (tertiary/aromatic N) is 2. The molecule has 0 aliphatic heterocycles. The second kappa shape index (κ2) is 6.87. The van der Waals surface area contributed by atoms with Crippen molar-refractivity contribution in [2.45, 2.75) is 12.6 Å². The number of aromatic amines is 1. The average molecular weight is 363 g/mol. The number of carbonyl (C=O) groups excluding carboxylic acids is 1. The number of halogens is 3. The van der Waals surface area contributed by atoms with Crippen molar-refractivity contribution in [3.8, 4) is 0 Å². The van der Waals surface area contributed by atoms with Crippen molar-refractivity contribution in [2.75, 3.05) is 0 Å². The van der Waals surface area contributed by atoms with Gasteiger partial charge >= 0.3 is 6.18 Å². The van der Waals surface area contributed by atoms with Gasteiger partial charge < -0.3 is 9.52 Å². The summed E-state index contributed by atoms with van der Waals surface area (Å²) in [5.74, 6) is -0.889. The molecule has 0 amide bonds. The number of hydrogen-bond donors (Lipinski definition) is 2. The minimum Gasteiger partial charge on any atom is -0.504 e. The molecule has 2 N–H and O–H groups in total. The van der Waals surface area contributed by atoms with Crippen molar-refractivity contribution in [1.82, 2.24) is 15.2 Å². The zero-order valence-corrected chi connectivity index (χ0v) is 13.1. The van der Waals surface area contributed by atoms with Crippen molar-refractivity contribution in [2.24, 2.45) is 0 Å². The number of ketones is 1. The molecule has 0 saturated carbocycles. The predicted octanol–water partition coefficient (Wildman–Crippen LogP) is 3.79. The Kier molecular flexibility index (Phi) is 4.61. The smallest absolute Gasteiger partial charge is 0.416 e. The van der Waals surface area contributed by atoms with Crippen LogP contribution in [-0.4, -0.2) is 26.1 Å². The normalized spacial score (nSPS) is 12.3. The van der Waals surface area contributed by atoms with Gasteiger partial charge in [0, 0.05) is 12.5 Å². The Morgan fingerprint density at radius 1 is 1.31 bits per heavy atom. The van der Waals surface area contributed by atoms with Gasteiger partial charge in [-0.3, -0.25) is 9.89 Å². The number of nitrogens with one attached hydrogen (secondary N) is 1. The fourth-order valence-electron chi connectivity index (χ4n) is 2.34. The zero-order chi connectivity index (χ0) is 18.7. The van der Waals surface area contributed by atoms with Crippen LogP contribution < -0.4 is 0 Å². The first-order valence-electron chi connectivity index (χ1n) is 7.38. The number of aliphatic hydroxyl groups is 1. The van der Waals surface area contributed by atoms with Crippen LogP contribution in [0.15, 0.2) is 53.4 Å². The summed E-state index contributed by atoms with van der Waals surface area (Å²) in [7, 11) is 0. The summed E-state index contributed by atoms with van der Waals surface area (Å²) in [5, 5.41) is 15.9. The van der Waals surface area contributed by atoms with E-state index in [1.807, 2.05) is 0 Å². The molecule has 0 radical (unpaired) electrons. The van der Waals surface area contributed by atoms with E-state index in [-0.39, 0.29) is 23.6 Å². The van der Waals surface area contributed by atoms with Crippen LogP contribution >= 0.6 is 0 Å². The summed E-state index contributed by atoms with van der Waals surface area (Å²) in [6.07, 6.45) is -1.05. The van der Waals surface area contributed by atoms with E-state index >= 15 is 0 Å². The minimum absolute atomic E-state index is 0.00670. The molecular formula is C17H12F3N3O3. The second-order valence-electron chi connectivity index (χ2n) is 5.35. The summed E-state index contributed by atoms with van der Waals surface area (Å²) in [6, 6.07) is 6.14. The molecule has 0 unspecified atom stereocenters. The molecule has 0 fully saturated rings. The number of alkyl halides is 3. The molecule has 134 valence electrons. The number of aliphatic hydroxyl groups excluding tert-OH is 1. The molecule has 1 aromatic carbocycles. The summed E-state index contributed by atoms with van der Waals surface area (Å²) < 4.78 is 43.7. The number of carbonyl (C=O) groups is 1. The Morgan fingerprint density at radius 2 is 2.12 bits per heavy atom. The van der Waals surface area contributed by atoms with E-state index in [2.05, 4.69) is 15.2 Å². The summed E-state index contributed by atoms with van der Waals surface area (Å²) in [5.41, 5.74) is -0.313. The molecule has 9 heteroatoms. The Labute approximate surface area is 145 Å². The molecule has 2 heterocycles. The molecule has 0 atom stereocenters. The molecule has 0 bridgehead atoms. The number of allylic oxidation sites excluding steroid dienone is 1. The van der Waals surface area contributed by atoms with Gasteiger partial charge in [0.25, 0.3) is 0 Å². The summed E-state index contributed by atoms with van der Waals surface area (Å²) >= 11 is 0. The van der Waals surface area contributed by atoms with Gasteiger partial charge in [0.2, 0.25) is 5.82 Å². The number of furan rings is 1. The quantitative estimate of drug-likeness (QED) is 0.409. The Hall–Kier alpha value is -3.36. The van der Waals surface area contributed by atoms with Crippen LogP contribution in [0.4, 0.5) is 13.2 Å². The van der Waals surface area contributed by atoms with Crippen LogP contribution in [0.2, 0.25) is 0 Å². The molecular weight excluding hydrogens is 351 g/mol. The van der Waals surface area contributed by atoms with Crippen molar-refractivity contribution >= 4 is 11.5 Å². The molecule has 0 spiro atoms. The van der Waals surface area contributed by atoms with E-state index in [1.165, 1.54) is 30.8 Å². The maximum absolute atomic E-state index is 12.8. The second-order valence-corrected chi connectivity index (χ2v) is 5.35. The van der Waals surface area contributed by atoms with Gasteiger partial charge in [0.1, 0.15) is 12.1 Å². The maximum Gasteiger partial charge on any atom is 0.416 e. The number of benzene rings is 1. The van der Waals surface area contributed by atoms with Crippen LogP contribution in [0.25, 0.3) is 5.76 Å². The predicted molar refractivity (Wildman–Crippen MR) is 84.3 cm³/mol. The standard InChI is InChI=1S/C17H12F3N3O3/c18-17(19,20)11-3-1-2-10(6-11)7-15-12(4-5-26-15)13(24)8-14(25)16-21-9-22-23-16/h1-6,8-9,25H,7H2,(H,21,22,23). The minimum atomic E-state index is -4.46. The highest BCUT2D eigenvalue weighted by Crippen LogP contribution is 2.30. The fraction of sp³-hybridized carbons (Fsp3) is 0.118. The molecule has 0 aliphatic carbocycles. The average Bonchev–Trinajstić information content (AvgIpc) is 3.26. The van der Waals surface area contributed by atoms with Gasteiger partial charge in [-0.1, -0.05) is 18.2 Å². The van der Waals surface area contributed by atoms with Crippen LogP contribution in [0.1, 0.15) is 33.1 Å². The number of rotatable bonds is 5. The van der Waals surface area contributed by atoms with Crippen LogP contribution in [0.3, 0.4) is 0 Å². The lowest BCUT2D eigenvalue weighted by molar-refractivity contribution is -0.137. The lowest BCUT2D eigenvalue weighted by Gasteiger charge is -2.08. The van der Waals surface area contributed by atoms with Crippen molar-refractivity contribution in [3.63, 3.8) is 0 Å². The van der Waals surface area contributed by atoms with Gasteiger partial charge in [-0.15, -0.1) is 0 Å². The SMILES string of the molecule is O=C(C=C(O)c1nc[nH]n1)c1ccoc1Cc1cccc(C(F)(F)F)c1. The van der Waals surface area contributed by atoms with E-state index < -0.39 is 23.3 Å². The van der Waals surface area contributed by atoms with E-state index in [9.17, 15) is 23.1 Å². The first kappa shape index (κ1) is 17.5. The number of H-pyrrole nitrogens is 1. The van der Waals surface area contributed by atoms with Crippen molar-refractivity contribution in [1.29, 1.82) is 0 Å². The van der Waals surface area contributed by atoms with Gasteiger partial charge in [-0.25, -0.2) is 4.98 Å². The van der Waals surface area contributed by atoms with E-state index in [1.54, 1.807) is 0 Å². The fourth-order valence-corrected chi connectivity index (χ4v) is 2.34. The van der Waals surface area contributed by atoms with Crippen LogP contribution in [0.5, 0.6) is 0 Å². The van der Waals surface area contributed by atoms with E-state index in [0.717, 1.165) is 18.2 Å². The summed E-state index contributed by atoms with van der Waals surface area (Å²) in [6.45, 7) is 0. The Bertz CT molecular complexity index is 944. The molecule has 2 aromatic heterocycles. The zero-order valence-electron chi connectivity index (χ0n) is 13.1. The monoisotopic (exact) mass is 363 g/mol. The molecule has 0 saturated heterocycles. The summed E-state index contributed by atoms with van der Waals surface area (Å²) in [4.78, 5) is 16.0. The Morgan fingerprint density at radius 3 is 2.81 bits per heavy atom. The first-order chi connectivity index (χ1) is 12.3. The lowest BCUT2D eigenvalue weighted by atomic mass is 10.0. The van der Waals surface area contributed by atoms with E-state index in [4.69, 9.17) is 4.42 Å². The molecule has 0 aliphatic rings. The first-order valence-corrected chi connectivity index (χ1v) is 7.38. The highest BCUT2D eigenvalue weighted by atomic mass is 19.4. The Balaban J connectivity index is 1.83. The lowest BCUT2D eigenvalue weighted by Crippen LogP contribution is -2.06. The van der Waals surface area contributed by atoms with Crippen molar-refractivity contribution < 1.29 is 27.5 Å². The van der Waals surface area contributed by atoms with Gasteiger partial charge in [-0.05, 0) is 17.7 Å².